The maximum Gasteiger partial charge on any atom is 0.263 e. The SMILES string of the molecule is Cc1cc(C(=O)NC23CCC(NC(=O)COc4ccc(Cl)c(F)c4)(CC2)[C@@H](C)C3)sn1. The van der Waals surface area contributed by atoms with Gasteiger partial charge in [0.1, 0.15) is 16.4 Å². The highest BCUT2D eigenvalue weighted by molar-refractivity contribution is 7.08. The molecule has 2 bridgehead atoms. The van der Waals surface area contributed by atoms with Crippen molar-refractivity contribution in [3.05, 3.63) is 45.7 Å². The number of benzene rings is 1. The second kappa shape index (κ2) is 8.39. The van der Waals surface area contributed by atoms with Crippen LogP contribution in [-0.2, 0) is 4.79 Å². The van der Waals surface area contributed by atoms with Crippen molar-refractivity contribution in [3.8, 4) is 5.75 Å². The number of aromatic nitrogens is 1. The van der Waals surface area contributed by atoms with Gasteiger partial charge in [-0.25, -0.2) is 4.39 Å². The summed E-state index contributed by atoms with van der Waals surface area (Å²) in [5.41, 5.74) is 0.302. The Morgan fingerprint density at radius 1 is 1.26 bits per heavy atom. The zero-order valence-corrected chi connectivity index (χ0v) is 19.0. The van der Waals surface area contributed by atoms with Gasteiger partial charge in [-0.3, -0.25) is 9.59 Å². The third-order valence-corrected chi connectivity index (χ3v) is 7.81. The Morgan fingerprint density at radius 3 is 2.61 bits per heavy atom. The standard InChI is InChI=1S/C22H25ClFN3O3S/c1-13-11-21(26-20(29)18-9-14(2)27-31-18)5-7-22(13,8-6-21)25-19(28)12-30-15-3-4-16(23)17(24)10-15/h3-4,9-10,13H,5-8,11-12H2,1-2H3,(H,25,28)(H,26,29)/t13-,21?,22?/m0/s1. The summed E-state index contributed by atoms with van der Waals surface area (Å²) in [6.45, 7) is 3.80. The van der Waals surface area contributed by atoms with Crippen molar-refractivity contribution in [2.24, 2.45) is 5.92 Å². The third-order valence-electron chi connectivity index (χ3n) is 6.62. The van der Waals surface area contributed by atoms with Crippen LogP contribution in [0.3, 0.4) is 0 Å². The fourth-order valence-corrected chi connectivity index (χ4v) is 5.65. The second-order valence-electron chi connectivity index (χ2n) is 8.74. The lowest BCUT2D eigenvalue weighted by atomic mass is 9.56. The predicted octanol–water partition coefficient (Wildman–Crippen LogP) is 4.26. The summed E-state index contributed by atoms with van der Waals surface area (Å²) >= 11 is 6.89. The van der Waals surface area contributed by atoms with Crippen LogP contribution in [0.4, 0.5) is 4.39 Å². The van der Waals surface area contributed by atoms with E-state index in [1.54, 1.807) is 0 Å². The second-order valence-corrected chi connectivity index (χ2v) is 9.95. The first kappa shape index (κ1) is 22.0. The van der Waals surface area contributed by atoms with Crippen LogP contribution < -0.4 is 15.4 Å². The first-order valence-electron chi connectivity index (χ1n) is 10.4. The van der Waals surface area contributed by atoms with Crippen molar-refractivity contribution in [2.45, 2.75) is 57.0 Å². The van der Waals surface area contributed by atoms with Gasteiger partial charge in [0.25, 0.3) is 11.8 Å². The van der Waals surface area contributed by atoms with Crippen LogP contribution in [0.15, 0.2) is 24.3 Å². The molecule has 0 unspecified atom stereocenters. The summed E-state index contributed by atoms with van der Waals surface area (Å²) < 4.78 is 23.2. The van der Waals surface area contributed by atoms with Gasteiger partial charge in [0.05, 0.1) is 10.7 Å². The van der Waals surface area contributed by atoms with Crippen molar-refractivity contribution in [1.82, 2.24) is 15.0 Å². The minimum Gasteiger partial charge on any atom is -0.484 e. The number of carbonyl (C=O) groups excluding carboxylic acids is 2. The molecule has 1 atom stereocenters. The Balaban J connectivity index is 1.34. The van der Waals surface area contributed by atoms with Crippen molar-refractivity contribution >= 4 is 34.9 Å². The molecular formula is C22H25ClFN3O3S. The van der Waals surface area contributed by atoms with E-state index in [0.29, 0.717) is 4.88 Å². The van der Waals surface area contributed by atoms with Crippen LogP contribution in [-0.4, -0.2) is 33.9 Å². The summed E-state index contributed by atoms with van der Waals surface area (Å²) in [4.78, 5) is 25.9. The molecule has 1 aromatic heterocycles. The average molecular weight is 466 g/mol. The molecule has 0 radical (unpaired) electrons. The number of hydrogen-bond donors (Lipinski definition) is 2. The maximum atomic E-state index is 13.5. The highest BCUT2D eigenvalue weighted by Crippen LogP contribution is 2.50. The smallest absolute Gasteiger partial charge is 0.263 e. The minimum absolute atomic E-state index is 0.00924. The van der Waals surface area contributed by atoms with E-state index in [1.165, 1.54) is 29.7 Å². The summed E-state index contributed by atoms with van der Waals surface area (Å²) in [5.74, 6) is -0.427. The molecule has 0 saturated heterocycles. The summed E-state index contributed by atoms with van der Waals surface area (Å²) in [6, 6.07) is 5.90. The molecule has 0 spiro atoms. The lowest BCUT2D eigenvalue weighted by Crippen LogP contribution is -2.67. The molecule has 1 heterocycles. The van der Waals surface area contributed by atoms with Gasteiger partial charge in [0, 0.05) is 17.1 Å². The molecule has 3 fully saturated rings. The predicted molar refractivity (Wildman–Crippen MR) is 117 cm³/mol. The number of aryl methyl sites for hydroxylation is 1. The van der Waals surface area contributed by atoms with Crippen molar-refractivity contribution < 1.29 is 18.7 Å². The molecule has 166 valence electrons. The monoisotopic (exact) mass is 465 g/mol. The number of ether oxygens (including phenoxy) is 1. The number of hydrogen-bond acceptors (Lipinski definition) is 5. The maximum absolute atomic E-state index is 13.5. The molecule has 1 aromatic carbocycles. The first-order valence-corrected chi connectivity index (χ1v) is 11.5. The Hall–Kier alpha value is -2.19. The number of nitrogens with zero attached hydrogens (tertiary/aromatic N) is 1. The Bertz CT molecular complexity index is 1000. The summed E-state index contributed by atoms with van der Waals surface area (Å²) in [7, 11) is 0. The van der Waals surface area contributed by atoms with Gasteiger partial charge in [-0.05, 0) is 74.7 Å². The van der Waals surface area contributed by atoms with Gasteiger partial charge in [0.2, 0.25) is 0 Å². The van der Waals surface area contributed by atoms with Gasteiger partial charge in [-0.1, -0.05) is 18.5 Å². The van der Waals surface area contributed by atoms with Gasteiger partial charge >= 0.3 is 0 Å². The Labute approximate surface area is 189 Å². The van der Waals surface area contributed by atoms with Crippen LogP contribution in [0.25, 0.3) is 0 Å². The molecule has 3 saturated carbocycles. The molecule has 2 aromatic rings. The van der Waals surface area contributed by atoms with Gasteiger partial charge < -0.3 is 15.4 Å². The number of halogens is 2. The topological polar surface area (TPSA) is 80.3 Å². The van der Waals surface area contributed by atoms with Crippen molar-refractivity contribution in [2.75, 3.05) is 6.61 Å². The zero-order chi connectivity index (χ0) is 22.2. The van der Waals surface area contributed by atoms with E-state index in [9.17, 15) is 14.0 Å². The Kier molecular flexibility index (Phi) is 5.96. The quantitative estimate of drug-likeness (QED) is 0.668. The van der Waals surface area contributed by atoms with E-state index in [0.717, 1.165) is 37.8 Å². The van der Waals surface area contributed by atoms with Gasteiger partial charge in [-0.15, -0.1) is 0 Å². The molecule has 2 amide bonds. The van der Waals surface area contributed by atoms with E-state index in [2.05, 4.69) is 21.9 Å². The van der Waals surface area contributed by atoms with Gasteiger partial charge in [0.15, 0.2) is 6.61 Å². The number of rotatable bonds is 6. The molecular weight excluding hydrogens is 441 g/mol. The third kappa shape index (κ3) is 4.55. The average Bonchev–Trinajstić information content (AvgIpc) is 3.17. The highest BCUT2D eigenvalue weighted by Gasteiger charge is 2.54. The van der Waals surface area contributed by atoms with E-state index < -0.39 is 5.82 Å². The molecule has 31 heavy (non-hydrogen) atoms. The number of carbonyl (C=O) groups is 2. The molecule has 0 aliphatic heterocycles. The molecule has 3 aliphatic carbocycles. The zero-order valence-electron chi connectivity index (χ0n) is 17.5. The normalized spacial score (nSPS) is 27.0. The van der Waals surface area contributed by atoms with E-state index >= 15 is 0 Å². The number of nitrogens with one attached hydrogen (secondary N) is 2. The number of fused-ring (bicyclic) bond motifs is 3. The summed E-state index contributed by atoms with van der Waals surface area (Å²) in [5, 5.41) is 6.43. The lowest BCUT2D eigenvalue weighted by molar-refractivity contribution is -0.128. The molecule has 6 nitrogen and oxygen atoms in total. The van der Waals surface area contributed by atoms with Crippen LogP contribution in [0, 0.1) is 18.7 Å². The van der Waals surface area contributed by atoms with Gasteiger partial charge in [-0.2, -0.15) is 4.37 Å². The Morgan fingerprint density at radius 2 is 2.00 bits per heavy atom. The molecule has 2 N–H and O–H groups in total. The van der Waals surface area contributed by atoms with Crippen LogP contribution in [0.2, 0.25) is 5.02 Å². The number of amides is 2. The molecule has 9 heteroatoms. The van der Waals surface area contributed by atoms with Crippen molar-refractivity contribution in [1.29, 1.82) is 0 Å². The van der Waals surface area contributed by atoms with E-state index in [4.69, 9.17) is 16.3 Å². The molecule has 3 aliphatic rings. The fourth-order valence-electron chi connectivity index (χ4n) is 4.88. The van der Waals surface area contributed by atoms with Crippen LogP contribution in [0.5, 0.6) is 5.75 Å². The summed E-state index contributed by atoms with van der Waals surface area (Å²) in [6.07, 6.45) is 4.00. The van der Waals surface area contributed by atoms with Crippen LogP contribution >= 0.6 is 23.1 Å². The largest absolute Gasteiger partial charge is 0.484 e. The molecule has 5 rings (SSSR count). The van der Waals surface area contributed by atoms with E-state index in [1.807, 2.05) is 13.0 Å². The van der Waals surface area contributed by atoms with Crippen molar-refractivity contribution in [3.63, 3.8) is 0 Å². The highest BCUT2D eigenvalue weighted by atomic mass is 35.5. The van der Waals surface area contributed by atoms with E-state index in [-0.39, 0.29) is 46.2 Å². The minimum atomic E-state index is -0.585. The first-order chi connectivity index (χ1) is 14.7. The van der Waals surface area contributed by atoms with Crippen LogP contribution in [0.1, 0.15) is 54.4 Å². The lowest BCUT2D eigenvalue weighted by Gasteiger charge is -2.57. The fraction of sp³-hybridized carbons (Fsp3) is 0.500.